The van der Waals surface area contributed by atoms with Crippen LogP contribution < -0.4 is 10.1 Å². The number of carbonyl (C=O) groups excluding carboxylic acids is 2. The van der Waals surface area contributed by atoms with E-state index in [1.54, 1.807) is 12.1 Å². The number of terminal acetylenes is 1. The summed E-state index contributed by atoms with van der Waals surface area (Å²) >= 11 is 0. The van der Waals surface area contributed by atoms with Crippen molar-refractivity contribution in [2.24, 2.45) is 0 Å². The zero-order valence-corrected chi connectivity index (χ0v) is 33.2. The van der Waals surface area contributed by atoms with Crippen LogP contribution in [0, 0.1) is 18.2 Å². The lowest BCUT2D eigenvalue weighted by Crippen LogP contribution is -2.46. The number of rotatable bonds is 15. The SMILES string of the molecule is C#CCCCCOc1cccc(-c2c(C(=O)Nc3ccccc3)c(C(C)C)n(CC[C@@H]3C[C@H](CC(=O)OC(C)(C)C)OC(C)(C)O3)c2-c2ccc(F)cc2)c1. The van der Waals surface area contributed by atoms with Gasteiger partial charge in [0.05, 0.1) is 36.5 Å². The van der Waals surface area contributed by atoms with E-state index in [-0.39, 0.29) is 36.1 Å². The highest BCUT2D eigenvalue weighted by atomic mass is 19.1. The number of anilines is 1. The highest BCUT2D eigenvalue weighted by Gasteiger charge is 2.38. The minimum Gasteiger partial charge on any atom is -0.494 e. The molecule has 1 aliphatic rings. The molecule has 3 aromatic carbocycles. The van der Waals surface area contributed by atoms with Crippen LogP contribution in [-0.2, 0) is 25.5 Å². The number of hydrogen-bond acceptors (Lipinski definition) is 6. The fraction of sp³-hybridized carbons (Fsp3) is 0.435. The minimum atomic E-state index is -0.930. The summed E-state index contributed by atoms with van der Waals surface area (Å²) in [5, 5.41) is 3.14. The molecule has 4 aromatic rings. The molecule has 8 nitrogen and oxygen atoms in total. The highest BCUT2D eigenvalue weighted by molar-refractivity contribution is 6.12. The van der Waals surface area contributed by atoms with E-state index in [0.717, 1.165) is 40.9 Å². The van der Waals surface area contributed by atoms with Crippen molar-refractivity contribution in [1.29, 1.82) is 0 Å². The van der Waals surface area contributed by atoms with Gasteiger partial charge in [0, 0.05) is 36.3 Å². The molecule has 292 valence electrons. The number of hydrogen-bond donors (Lipinski definition) is 1. The number of unbranched alkanes of at least 4 members (excludes halogenated alkanes) is 2. The van der Waals surface area contributed by atoms with Crippen molar-refractivity contribution in [3.8, 4) is 40.5 Å². The highest BCUT2D eigenvalue weighted by Crippen LogP contribution is 2.44. The van der Waals surface area contributed by atoms with E-state index in [9.17, 15) is 14.0 Å². The van der Waals surface area contributed by atoms with Crippen LogP contribution in [0.1, 0.15) is 109 Å². The number of nitrogens with one attached hydrogen (secondary N) is 1. The predicted molar refractivity (Wildman–Crippen MR) is 215 cm³/mol. The number of halogens is 1. The summed E-state index contributed by atoms with van der Waals surface area (Å²) in [5.74, 6) is 1.39. The molecule has 2 heterocycles. The monoisotopic (exact) mass is 750 g/mol. The summed E-state index contributed by atoms with van der Waals surface area (Å²) in [6.07, 6.45) is 8.30. The number of amides is 1. The minimum absolute atomic E-state index is 0.0907. The zero-order chi connectivity index (χ0) is 39.8. The molecule has 1 N–H and O–H groups in total. The van der Waals surface area contributed by atoms with Crippen LogP contribution in [0.4, 0.5) is 10.1 Å². The third kappa shape index (κ3) is 11.3. The Morgan fingerprint density at radius 3 is 2.36 bits per heavy atom. The van der Waals surface area contributed by atoms with Gasteiger partial charge < -0.3 is 28.8 Å². The first-order valence-corrected chi connectivity index (χ1v) is 19.3. The summed E-state index contributed by atoms with van der Waals surface area (Å²) in [4.78, 5) is 27.5. The van der Waals surface area contributed by atoms with Crippen molar-refractivity contribution < 1.29 is 32.9 Å². The number of para-hydroxylation sites is 1. The first kappa shape index (κ1) is 41.3. The Balaban J connectivity index is 1.61. The van der Waals surface area contributed by atoms with E-state index in [4.69, 9.17) is 25.4 Å². The molecular weight excluding hydrogens is 696 g/mol. The van der Waals surface area contributed by atoms with Crippen molar-refractivity contribution >= 4 is 17.6 Å². The number of aromatic nitrogens is 1. The quantitative estimate of drug-likeness (QED) is 0.0739. The molecule has 1 saturated heterocycles. The number of carbonyl (C=O) groups is 2. The van der Waals surface area contributed by atoms with Crippen molar-refractivity contribution in [3.05, 3.63) is 95.9 Å². The van der Waals surface area contributed by atoms with Gasteiger partial charge in [0.1, 0.15) is 17.2 Å². The predicted octanol–water partition coefficient (Wildman–Crippen LogP) is 10.6. The van der Waals surface area contributed by atoms with Gasteiger partial charge in [0.15, 0.2) is 5.79 Å². The van der Waals surface area contributed by atoms with Crippen molar-refractivity contribution in [3.63, 3.8) is 0 Å². The molecule has 1 fully saturated rings. The molecular formula is C46H55FN2O6. The van der Waals surface area contributed by atoms with Crippen molar-refractivity contribution in [2.75, 3.05) is 11.9 Å². The summed E-state index contributed by atoms with van der Waals surface area (Å²) < 4.78 is 41.1. The van der Waals surface area contributed by atoms with Crippen LogP contribution >= 0.6 is 0 Å². The molecule has 0 aliphatic carbocycles. The Labute approximate surface area is 325 Å². The average molecular weight is 751 g/mol. The lowest BCUT2D eigenvalue weighted by atomic mass is 9.94. The van der Waals surface area contributed by atoms with Gasteiger partial charge in [-0.3, -0.25) is 9.59 Å². The molecule has 2 atom stereocenters. The first-order valence-electron chi connectivity index (χ1n) is 19.3. The molecule has 55 heavy (non-hydrogen) atoms. The maximum absolute atomic E-state index is 14.7. The van der Waals surface area contributed by atoms with Crippen molar-refractivity contribution in [1.82, 2.24) is 4.57 Å². The summed E-state index contributed by atoms with van der Waals surface area (Å²) in [6, 6.07) is 23.5. The Kier molecular flexibility index (Phi) is 13.6. The van der Waals surface area contributed by atoms with E-state index in [1.165, 1.54) is 12.1 Å². The molecule has 1 aromatic heterocycles. The van der Waals surface area contributed by atoms with Gasteiger partial charge in [-0.1, -0.05) is 44.2 Å². The van der Waals surface area contributed by atoms with Crippen LogP contribution in [0.2, 0.25) is 0 Å². The van der Waals surface area contributed by atoms with E-state index < -0.39 is 17.5 Å². The second-order valence-corrected chi connectivity index (χ2v) is 15.8. The molecule has 0 radical (unpaired) electrons. The lowest BCUT2D eigenvalue weighted by Gasteiger charge is -2.41. The Hall–Kier alpha value is -4.91. The lowest BCUT2D eigenvalue weighted by molar-refractivity contribution is -0.301. The second-order valence-electron chi connectivity index (χ2n) is 15.8. The number of esters is 1. The molecule has 1 amide bonds. The van der Waals surface area contributed by atoms with Gasteiger partial charge in [0.25, 0.3) is 5.91 Å². The van der Waals surface area contributed by atoms with E-state index in [1.807, 2.05) is 89.2 Å². The summed E-state index contributed by atoms with van der Waals surface area (Å²) in [5.41, 5.74) is 4.48. The third-order valence-electron chi connectivity index (χ3n) is 9.25. The van der Waals surface area contributed by atoms with Gasteiger partial charge >= 0.3 is 5.97 Å². The van der Waals surface area contributed by atoms with Gasteiger partial charge in [-0.05, 0) is 119 Å². The molecule has 9 heteroatoms. The summed E-state index contributed by atoms with van der Waals surface area (Å²) in [7, 11) is 0. The van der Waals surface area contributed by atoms with Gasteiger partial charge in [-0.15, -0.1) is 12.3 Å². The van der Waals surface area contributed by atoms with E-state index >= 15 is 0 Å². The normalized spacial score (nSPS) is 16.7. The fourth-order valence-electron chi connectivity index (χ4n) is 7.23. The smallest absolute Gasteiger partial charge is 0.308 e. The maximum atomic E-state index is 14.7. The molecule has 5 rings (SSSR count). The molecule has 1 aliphatic heterocycles. The van der Waals surface area contributed by atoms with Crippen LogP contribution in [0.3, 0.4) is 0 Å². The Bertz CT molecular complexity index is 1950. The van der Waals surface area contributed by atoms with E-state index in [0.29, 0.717) is 49.4 Å². The summed E-state index contributed by atoms with van der Waals surface area (Å²) in [6.45, 7) is 14.4. The van der Waals surface area contributed by atoms with Gasteiger partial charge in [0.2, 0.25) is 0 Å². The topological polar surface area (TPSA) is 88.0 Å². The maximum Gasteiger partial charge on any atom is 0.308 e. The number of benzene rings is 3. The number of ether oxygens (including phenoxy) is 4. The fourth-order valence-corrected chi connectivity index (χ4v) is 7.23. The van der Waals surface area contributed by atoms with Crippen LogP contribution in [0.15, 0.2) is 78.9 Å². The largest absolute Gasteiger partial charge is 0.494 e. The molecule has 0 spiro atoms. The Morgan fingerprint density at radius 1 is 0.982 bits per heavy atom. The van der Waals surface area contributed by atoms with E-state index in [2.05, 4.69) is 29.7 Å². The van der Waals surface area contributed by atoms with Crippen LogP contribution in [-0.4, -0.2) is 46.6 Å². The molecule has 0 bridgehead atoms. The standard InChI is InChI=1S/C46H55FN2O6/c1-9-10-11-15-27-52-36-20-16-17-33(28-36)40-41(44(51)48-35-18-13-12-14-19-35)42(31(2)3)49(43(40)32-21-23-34(47)24-22-32)26-25-37-29-38(54-46(7,8)53-37)30-39(50)55-45(4,5)6/h1,12-14,16-24,28,31,37-38H,10-11,15,25-27,29-30H2,2-8H3,(H,48,51)/t37-,38-/m1/s1. The van der Waals surface area contributed by atoms with Gasteiger partial charge in [-0.25, -0.2) is 4.39 Å². The Morgan fingerprint density at radius 2 is 1.69 bits per heavy atom. The van der Waals surface area contributed by atoms with Gasteiger partial charge in [-0.2, -0.15) is 0 Å². The molecule has 0 saturated carbocycles. The van der Waals surface area contributed by atoms with Crippen LogP contribution in [0.5, 0.6) is 5.75 Å². The first-order chi connectivity index (χ1) is 26.1. The average Bonchev–Trinajstić information content (AvgIpc) is 3.46. The number of nitrogens with zero attached hydrogens (tertiary/aromatic N) is 1. The zero-order valence-electron chi connectivity index (χ0n) is 33.2. The third-order valence-corrected chi connectivity index (χ3v) is 9.25. The second kappa shape index (κ2) is 18.1. The van der Waals surface area contributed by atoms with Crippen molar-refractivity contribution in [2.45, 2.75) is 123 Å². The molecule has 0 unspecified atom stereocenters. The van der Waals surface area contributed by atoms with Crippen LogP contribution in [0.25, 0.3) is 22.4 Å².